The Morgan fingerprint density at radius 3 is 2.73 bits per heavy atom. The fourth-order valence-electron chi connectivity index (χ4n) is 1.45. The number of guanidine groups is 1. The summed E-state index contributed by atoms with van der Waals surface area (Å²) in [5, 5.41) is 5.33. The Balaban J connectivity index is 0.00000441. The molecule has 0 unspecified atom stereocenters. The third-order valence-corrected chi connectivity index (χ3v) is 2.45. The zero-order valence-corrected chi connectivity index (χ0v) is 14.7. The number of rotatable bonds is 6. The summed E-state index contributed by atoms with van der Waals surface area (Å²) in [5.41, 5.74) is 6.31. The van der Waals surface area contributed by atoms with Crippen LogP contribution in [0.2, 0.25) is 0 Å². The fourth-order valence-corrected chi connectivity index (χ4v) is 1.45. The molecule has 120 valence electrons. The lowest BCUT2D eigenvalue weighted by molar-refractivity contribution is -0.119. The van der Waals surface area contributed by atoms with Gasteiger partial charge in [-0.05, 0) is 12.1 Å². The number of methoxy groups -OCH3 is 2. The van der Waals surface area contributed by atoms with Crippen LogP contribution in [0.1, 0.15) is 0 Å². The van der Waals surface area contributed by atoms with E-state index in [0.29, 0.717) is 17.2 Å². The number of halogens is 1. The number of benzene rings is 1. The summed E-state index contributed by atoms with van der Waals surface area (Å²) in [6, 6.07) is 5.19. The highest BCUT2D eigenvalue weighted by molar-refractivity contribution is 14.0. The van der Waals surface area contributed by atoms with Crippen LogP contribution in [0.15, 0.2) is 23.2 Å². The molecule has 0 aromatic heterocycles. The molecule has 0 aliphatic rings. The molecule has 0 bridgehead atoms. The van der Waals surface area contributed by atoms with Crippen molar-refractivity contribution in [3.8, 4) is 23.8 Å². The van der Waals surface area contributed by atoms with Gasteiger partial charge in [-0.1, -0.05) is 5.92 Å². The zero-order chi connectivity index (χ0) is 15.7. The second kappa shape index (κ2) is 10.6. The van der Waals surface area contributed by atoms with Crippen LogP contribution < -0.4 is 25.8 Å². The number of amides is 1. The number of hydrogen-bond donors (Lipinski definition) is 3. The zero-order valence-electron chi connectivity index (χ0n) is 12.4. The van der Waals surface area contributed by atoms with E-state index in [9.17, 15) is 4.79 Å². The molecule has 0 radical (unpaired) electrons. The van der Waals surface area contributed by atoms with Crippen molar-refractivity contribution in [1.29, 1.82) is 0 Å². The van der Waals surface area contributed by atoms with E-state index in [1.54, 1.807) is 25.3 Å². The van der Waals surface area contributed by atoms with Crippen molar-refractivity contribution >= 4 is 41.5 Å². The van der Waals surface area contributed by atoms with E-state index in [2.05, 4.69) is 21.5 Å². The molecule has 0 heterocycles. The highest BCUT2D eigenvalue weighted by Gasteiger charge is 2.06. The molecular weight excluding hydrogens is 399 g/mol. The van der Waals surface area contributed by atoms with Gasteiger partial charge in [0.2, 0.25) is 5.91 Å². The summed E-state index contributed by atoms with van der Waals surface area (Å²) in [7, 11) is 3.09. The molecule has 1 amide bonds. The molecule has 0 fully saturated rings. The number of nitrogens with one attached hydrogen (secondary N) is 2. The summed E-state index contributed by atoms with van der Waals surface area (Å²) in [4.78, 5) is 15.3. The lowest BCUT2D eigenvalue weighted by Gasteiger charge is -2.12. The normalized spacial score (nSPS) is 9.95. The van der Waals surface area contributed by atoms with Gasteiger partial charge < -0.3 is 25.8 Å². The van der Waals surface area contributed by atoms with E-state index in [1.807, 2.05) is 0 Å². The summed E-state index contributed by atoms with van der Waals surface area (Å²) < 4.78 is 10.3. The first kappa shape index (κ1) is 19.9. The van der Waals surface area contributed by atoms with E-state index < -0.39 is 0 Å². The summed E-state index contributed by atoms with van der Waals surface area (Å²) in [5.74, 6) is 3.28. The van der Waals surface area contributed by atoms with Gasteiger partial charge in [0, 0.05) is 6.07 Å². The Kier molecular flexibility index (Phi) is 9.53. The van der Waals surface area contributed by atoms with Crippen LogP contribution in [-0.2, 0) is 4.79 Å². The molecule has 0 spiro atoms. The molecule has 7 nitrogen and oxygen atoms in total. The first-order valence-electron chi connectivity index (χ1n) is 6.09. The van der Waals surface area contributed by atoms with Crippen LogP contribution >= 0.6 is 24.0 Å². The van der Waals surface area contributed by atoms with Crippen LogP contribution in [0, 0.1) is 12.3 Å². The predicted octanol–water partition coefficient (Wildman–Crippen LogP) is 0.798. The minimum Gasteiger partial charge on any atom is -0.497 e. The fraction of sp³-hybridized carbons (Fsp3) is 0.286. The Morgan fingerprint density at radius 2 is 2.14 bits per heavy atom. The molecule has 0 atom stereocenters. The lowest BCUT2D eigenvalue weighted by Crippen LogP contribution is -2.29. The number of ether oxygens (including phenoxy) is 2. The third kappa shape index (κ3) is 6.53. The van der Waals surface area contributed by atoms with Gasteiger partial charge in [-0.15, -0.1) is 30.4 Å². The second-order valence-electron chi connectivity index (χ2n) is 3.87. The van der Waals surface area contributed by atoms with Gasteiger partial charge in [-0.3, -0.25) is 4.79 Å². The number of carbonyl (C=O) groups excluding carboxylic acids is 1. The van der Waals surface area contributed by atoms with Crippen molar-refractivity contribution in [3.63, 3.8) is 0 Å². The van der Waals surface area contributed by atoms with Crippen molar-refractivity contribution in [2.24, 2.45) is 10.7 Å². The van der Waals surface area contributed by atoms with Gasteiger partial charge in [-0.2, -0.15) is 0 Å². The molecule has 1 aromatic rings. The van der Waals surface area contributed by atoms with Gasteiger partial charge in [0.15, 0.2) is 5.96 Å². The highest BCUT2D eigenvalue weighted by Crippen LogP contribution is 2.28. The van der Waals surface area contributed by atoms with E-state index in [1.165, 1.54) is 7.11 Å². The second-order valence-corrected chi connectivity index (χ2v) is 3.87. The third-order valence-electron chi connectivity index (χ3n) is 2.45. The van der Waals surface area contributed by atoms with Crippen LogP contribution in [0.3, 0.4) is 0 Å². The van der Waals surface area contributed by atoms with Crippen molar-refractivity contribution in [3.05, 3.63) is 18.2 Å². The molecule has 0 aliphatic carbocycles. The molecule has 4 N–H and O–H groups in total. The maximum Gasteiger partial charge on any atom is 0.242 e. The molecule has 0 saturated heterocycles. The molecule has 0 aliphatic heterocycles. The molecule has 1 rings (SSSR count). The van der Waals surface area contributed by atoms with Crippen molar-refractivity contribution in [2.75, 3.05) is 32.6 Å². The quantitative estimate of drug-likeness (QED) is 0.275. The van der Waals surface area contributed by atoms with E-state index in [0.717, 1.165) is 0 Å². The van der Waals surface area contributed by atoms with Gasteiger partial charge in [-0.25, -0.2) is 4.99 Å². The van der Waals surface area contributed by atoms with Gasteiger partial charge in [0.1, 0.15) is 18.0 Å². The average molecular weight is 418 g/mol. The monoisotopic (exact) mass is 418 g/mol. The van der Waals surface area contributed by atoms with Crippen LogP contribution in [0.25, 0.3) is 0 Å². The van der Waals surface area contributed by atoms with Gasteiger partial charge >= 0.3 is 0 Å². The number of anilines is 1. The van der Waals surface area contributed by atoms with Crippen molar-refractivity contribution in [1.82, 2.24) is 5.32 Å². The predicted molar refractivity (Wildman–Crippen MR) is 96.9 cm³/mol. The first-order chi connectivity index (χ1) is 10.1. The van der Waals surface area contributed by atoms with Gasteiger partial charge in [0.05, 0.1) is 26.5 Å². The molecular formula is C14H19IN4O3. The van der Waals surface area contributed by atoms with Crippen LogP contribution in [0.4, 0.5) is 5.69 Å². The number of terminal acetylenes is 1. The minimum atomic E-state index is -0.310. The number of hydrogen-bond acceptors (Lipinski definition) is 4. The Hall–Kier alpha value is -2.15. The Bertz CT molecular complexity index is 570. The van der Waals surface area contributed by atoms with E-state index in [-0.39, 0.29) is 48.9 Å². The first-order valence-corrected chi connectivity index (χ1v) is 6.09. The standard InChI is InChI=1S/C14H18N4O3.HI/c1-4-7-16-13(19)9-17-14(15)18-11-8-10(20-2)5-6-12(11)21-3;/h1,5-6,8H,7,9H2,2-3H3,(H,16,19)(H3,15,17,18);1H. The van der Waals surface area contributed by atoms with Crippen LogP contribution in [-0.4, -0.2) is 39.2 Å². The van der Waals surface area contributed by atoms with Crippen molar-refractivity contribution < 1.29 is 14.3 Å². The SMILES string of the molecule is C#CCNC(=O)CN=C(N)Nc1cc(OC)ccc1OC.I. The summed E-state index contributed by atoms with van der Waals surface area (Å²) >= 11 is 0. The number of nitrogens with two attached hydrogens (primary N) is 1. The van der Waals surface area contributed by atoms with Crippen LogP contribution in [0.5, 0.6) is 11.5 Å². The van der Waals surface area contributed by atoms with Crippen molar-refractivity contribution in [2.45, 2.75) is 0 Å². The van der Waals surface area contributed by atoms with E-state index in [4.69, 9.17) is 21.6 Å². The molecule has 8 heteroatoms. The van der Waals surface area contributed by atoms with Gasteiger partial charge in [0.25, 0.3) is 0 Å². The van der Waals surface area contributed by atoms with E-state index >= 15 is 0 Å². The average Bonchev–Trinajstić information content (AvgIpc) is 2.50. The topological polar surface area (TPSA) is 98.0 Å². The number of carbonyl (C=O) groups is 1. The lowest BCUT2D eigenvalue weighted by atomic mass is 10.2. The summed E-state index contributed by atoms with van der Waals surface area (Å²) in [6.07, 6.45) is 5.03. The maximum absolute atomic E-state index is 11.3. The largest absolute Gasteiger partial charge is 0.497 e. The number of aliphatic imine (C=N–C) groups is 1. The number of nitrogens with zero attached hydrogens (tertiary/aromatic N) is 1. The minimum absolute atomic E-state index is 0. The Morgan fingerprint density at radius 1 is 1.41 bits per heavy atom. The maximum atomic E-state index is 11.3. The molecule has 22 heavy (non-hydrogen) atoms. The summed E-state index contributed by atoms with van der Waals surface area (Å²) in [6.45, 7) is 0.0399. The smallest absolute Gasteiger partial charge is 0.242 e. The Labute approximate surface area is 146 Å². The highest BCUT2D eigenvalue weighted by atomic mass is 127. The molecule has 0 saturated carbocycles. The molecule has 1 aromatic carbocycles.